The van der Waals surface area contributed by atoms with Crippen molar-refractivity contribution in [1.82, 2.24) is 0 Å². The quantitative estimate of drug-likeness (QED) is 0.480. The van der Waals surface area contributed by atoms with E-state index in [1.807, 2.05) is 0 Å². The molecule has 0 N–H and O–H groups in total. The van der Waals surface area contributed by atoms with Crippen molar-refractivity contribution in [2.75, 3.05) is 0 Å². The van der Waals surface area contributed by atoms with E-state index in [-0.39, 0.29) is 37.2 Å². The zero-order valence-corrected chi connectivity index (χ0v) is 14.3. The van der Waals surface area contributed by atoms with E-state index in [2.05, 4.69) is 62.5 Å². The number of allylic oxidation sites excluding steroid dienone is 4. The van der Waals surface area contributed by atoms with Crippen molar-refractivity contribution in [2.24, 2.45) is 0 Å². The van der Waals surface area contributed by atoms with E-state index < -0.39 is 0 Å². The first-order valence-electron chi connectivity index (χ1n) is 5.27. The molecule has 0 nitrogen and oxygen atoms in total. The molecule has 0 unspecified atom stereocenters. The van der Waals surface area contributed by atoms with E-state index in [1.165, 1.54) is 32.1 Å². The van der Waals surface area contributed by atoms with Crippen LogP contribution in [0.1, 0.15) is 30.0 Å². The van der Waals surface area contributed by atoms with Crippen molar-refractivity contribution in [3.05, 3.63) is 50.8 Å². The van der Waals surface area contributed by atoms with Gasteiger partial charge in [0, 0.05) is 0 Å². The molecule has 1 aromatic carbocycles. The van der Waals surface area contributed by atoms with Gasteiger partial charge >= 0.3 is 101 Å². The molecule has 0 aromatic heterocycles. The largest absolute Gasteiger partial charge is 1.00 e. The molecule has 0 saturated heterocycles. The second-order valence-corrected chi connectivity index (χ2v) is 4.92. The van der Waals surface area contributed by atoms with Gasteiger partial charge < -0.3 is 37.2 Å². The molecule has 0 amide bonds. The molecule has 1 aliphatic carbocycles. The first-order valence-corrected chi connectivity index (χ1v) is 5.97. The van der Waals surface area contributed by atoms with E-state index >= 15 is 0 Å². The number of rotatable bonds is 1. The number of halogens is 3. The van der Waals surface area contributed by atoms with Crippen molar-refractivity contribution < 1.29 is 54.6 Å². The summed E-state index contributed by atoms with van der Waals surface area (Å²) in [6.45, 7) is 6.60. The van der Waals surface area contributed by atoms with Gasteiger partial charge in [0.05, 0.1) is 0 Å². The normalized spacial score (nSPS) is 13.3. The van der Waals surface area contributed by atoms with E-state index in [4.69, 9.17) is 0 Å². The van der Waals surface area contributed by atoms with Gasteiger partial charge in [0.15, 0.2) is 0 Å². The SMILES string of the molecule is CC1=[C]([V+3])C(c2c(C)cccc2C)=CC1.[Cl-].[Cl-].[Cl-]. The zero-order valence-electron chi connectivity index (χ0n) is 10.6. The van der Waals surface area contributed by atoms with Crippen LogP contribution in [-0.4, -0.2) is 0 Å². The molecule has 2 rings (SSSR count). The fourth-order valence-electron chi connectivity index (χ4n) is 2.14. The molecule has 0 saturated carbocycles. The van der Waals surface area contributed by atoms with Crippen LogP contribution in [0.3, 0.4) is 0 Å². The Morgan fingerprint density at radius 3 is 1.83 bits per heavy atom. The van der Waals surface area contributed by atoms with E-state index in [0.717, 1.165) is 6.42 Å². The van der Waals surface area contributed by atoms with Gasteiger partial charge in [-0.15, -0.1) is 0 Å². The van der Waals surface area contributed by atoms with Crippen LogP contribution >= 0.6 is 0 Å². The topological polar surface area (TPSA) is 0 Å². The van der Waals surface area contributed by atoms with Crippen LogP contribution < -0.4 is 37.2 Å². The second kappa shape index (κ2) is 8.35. The summed E-state index contributed by atoms with van der Waals surface area (Å²) in [5.74, 6) is 0. The second-order valence-electron chi connectivity index (χ2n) is 4.22. The van der Waals surface area contributed by atoms with Gasteiger partial charge in [-0.25, -0.2) is 0 Å². The van der Waals surface area contributed by atoms with Crippen LogP contribution in [0.2, 0.25) is 0 Å². The molecule has 0 fully saturated rings. The summed E-state index contributed by atoms with van der Waals surface area (Å²) < 4.78 is 1.40. The van der Waals surface area contributed by atoms with Crippen molar-refractivity contribution in [3.63, 3.8) is 0 Å². The van der Waals surface area contributed by atoms with Crippen LogP contribution in [0.5, 0.6) is 0 Å². The van der Waals surface area contributed by atoms with Gasteiger partial charge in [-0.05, 0) is 0 Å². The Morgan fingerprint density at radius 1 is 0.944 bits per heavy atom. The minimum atomic E-state index is 0. The van der Waals surface area contributed by atoms with Crippen LogP contribution in [0.4, 0.5) is 0 Å². The van der Waals surface area contributed by atoms with Crippen molar-refractivity contribution in [2.45, 2.75) is 27.2 Å². The third-order valence-corrected chi connectivity index (χ3v) is 3.99. The Hall–Kier alpha value is 0.154. The summed E-state index contributed by atoms with van der Waals surface area (Å²) in [5, 5.41) is 0. The minimum Gasteiger partial charge on any atom is -1.00 e. The summed E-state index contributed by atoms with van der Waals surface area (Å²) in [4.78, 5) is 0. The third-order valence-electron chi connectivity index (χ3n) is 3.02. The predicted molar refractivity (Wildman–Crippen MR) is 61.2 cm³/mol. The molecule has 0 spiro atoms. The molecule has 1 aliphatic rings. The van der Waals surface area contributed by atoms with Crippen molar-refractivity contribution >= 4 is 5.57 Å². The molecule has 1 aromatic rings. The van der Waals surface area contributed by atoms with Crippen LogP contribution in [0.15, 0.2) is 34.1 Å². The molecule has 18 heavy (non-hydrogen) atoms. The summed E-state index contributed by atoms with van der Waals surface area (Å²) in [6, 6.07) is 6.51. The molecule has 0 bridgehead atoms. The first kappa shape index (κ1) is 20.5. The monoisotopic (exact) mass is 339 g/mol. The van der Waals surface area contributed by atoms with Crippen LogP contribution in [0, 0.1) is 13.8 Å². The number of benzene rings is 1. The van der Waals surface area contributed by atoms with Crippen molar-refractivity contribution in [3.8, 4) is 0 Å². The number of hydrogen-bond donors (Lipinski definition) is 0. The maximum Gasteiger partial charge on any atom is -1.00 e. The Morgan fingerprint density at radius 2 is 1.44 bits per heavy atom. The standard InChI is InChI=1S/C14H15.3ClH.V/c1-10-7-8-13(9-10)14-11(2)5-4-6-12(14)3;;;;/h4-6,8H,7H2,1-3H3;3*1H;/q;;;;+3/p-3. The fourth-order valence-corrected chi connectivity index (χ4v) is 2.60. The smallest absolute Gasteiger partial charge is 1.00 e. The Labute approximate surface area is 138 Å². The van der Waals surface area contributed by atoms with Gasteiger partial charge in [0.2, 0.25) is 0 Å². The van der Waals surface area contributed by atoms with Crippen molar-refractivity contribution in [1.29, 1.82) is 0 Å². The molecule has 97 valence electrons. The van der Waals surface area contributed by atoms with Gasteiger partial charge in [0.25, 0.3) is 0 Å². The fraction of sp³-hybridized carbons (Fsp3) is 0.286. The molecular weight excluding hydrogens is 325 g/mol. The molecule has 0 heterocycles. The Kier molecular flexibility index (Phi) is 9.50. The van der Waals surface area contributed by atoms with E-state index in [9.17, 15) is 0 Å². The molecular formula is C14H15Cl3V. The van der Waals surface area contributed by atoms with Gasteiger partial charge in [-0.2, -0.15) is 0 Å². The van der Waals surface area contributed by atoms with E-state index in [0.29, 0.717) is 0 Å². The summed E-state index contributed by atoms with van der Waals surface area (Å²) >= 11 is 2.72. The average Bonchev–Trinajstić information content (AvgIpc) is 2.49. The molecule has 4 heteroatoms. The summed E-state index contributed by atoms with van der Waals surface area (Å²) in [7, 11) is 0. The molecule has 0 radical (unpaired) electrons. The van der Waals surface area contributed by atoms with Crippen LogP contribution in [-0.2, 0) is 17.4 Å². The maximum absolute atomic E-state index is 2.72. The molecule has 0 atom stereocenters. The van der Waals surface area contributed by atoms with Gasteiger partial charge in [0.1, 0.15) is 0 Å². The first-order chi connectivity index (χ1) is 7.11. The number of hydrogen-bond acceptors (Lipinski definition) is 0. The van der Waals surface area contributed by atoms with Crippen LogP contribution in [0.25, 0.3) is 5.57 Å². The number of aryl methyl sites for hydroxylation is 2. The van der Waals surface area contributed by atoms with E-state index in [1.54, 1.807) is 0 Å². The van der Waals surface area contributed by atoms with Gasteiger partial charge in [-0.3, -0.25) is 0 Å². The third kappa shape index (κ3) is 3.82. The Bertz CT molecular complexity index is 456. The molecule has 0 aliphatic heterocycles. The average molecular weight is 341 g/mol. The Balaban J connectivity index is 0. The minimum absolute atomic E-state index is 0. The zero-order chi connectivity index (χ0) is 11.0. The summed E-state index contributed by atoms with van der Waals surface area (Å²) in [5.41, 5.74) is 7.07. The summed E-state index contributed by atoms with van der Waals surface area (Å²) in [6.07, 6.45) is 3.45. The predicted octanol–water partition coefficient (Wildman–Crippen LogP) is -5.08. The van der Waals surface area contributed by atoms with Gasteiger partial charge in [-0.1, -0.05) is 0 Å². The maximum atomic E-state index is 2.72.